The molecule has 0 rings (SSSR count). The third-order valence-electron chi connectivity index (χ3n) is 4.05. The average Bonchev–Trinajstić information content (AvgIpc) is 2.36. The van der Waals surface area contributed by atoms with Gasteiger partial charge in [-0.15, -0.1) is 0 Å². The summed E-state index contributed by atoms with van der Waals surface area (Å²) in [5.74, 6) is 0.305. The molecule has 1 atom stereocenters. The van der Waals surface area contributed by atoms with Crippen LogP contribution in [0.2, 0.25) is 0 Å². The summed E-state index contributed by atoms with van der Waals surface area (Å²) >= 11 is 0. The number of rotatable bonds is 9. The van der Waals surface area contributed by atoms with Crippen LogP contribution in [-0.4, -0.2) is 30.0 Å². The minimum atomic E-state index is -0.495. The molecule has 0 fully saturated rings. The predicted octanol–water partition coefficient (Wildman–Crippen LogP) is 4.12. The summed E-state index contributed by atoms with van der Waals surface area (Å²) in [6, 6.07) is 0. The van der Waals surface area contributed by atoms with Crippen LogP contribution in [0.25, 0.3) is 0 Å². The molecule has 0 spiro atoms. The molecule has 0 aliphatic heterocycles. The summed E-state index contributed by atoms with van der Waals surface area (Å²) in [5, 5.41) is 12.7. The summed E-state index contributed by atoms with van der Waals surface area (Å²) in [4.78, 5) is 11.8. The number of aliphatic hydroxyl groups is 1. The lowest BCUT2D eigenvalue weighted by atomic mass is 9.74. The first-order valence-electron chi connectivity index (χ1n) is 8.24. The van der Waals surface area contributed by atoms with E-state index in [0.29, 0.717) is 12.5 Å². The lowest BCUT2D eigenvalue weighted by molar-refractivity contribution is 0.0359. The second kappa shape index (κ2) is 9.29. The number of unbranched alkanes of at least 4 members (excludes halogenated alkanes) is 3. The summed E-state index contributed by atoms with van der Waals surface area (Å²) in [6.45, 7) is 12.5. The highest BCUT2D eigenvalue weighted by Gasteiger charge is 2.33. The van der Waals surface area contributed by atoms with Crippen molar-refractivity contribution >= 4 is 6.09 Å². The molecule has 4 nitrogen and oxygen atoms in total. The van der Waals surface area contributed by atoms with Crippen molar-refractivity contribution in [1.82, 2.24) is 5.32 Å². The van der Waals surface area contributed by atoms with Crippen LogP contribution in [0.15, 0.2) is 0 Å². The molecule has 0 saturated heterocycles. The molecule has 0 aromatic carbocycles. The molecule has 0 aliphatic carbocycles. The molecule has 126 valence electrons. The summed E-state index contributed by atoms with van der Waals surface area (Å²) < 4.78 is 5.27. The molecular formula is C17H35NO3. The van der Waals surface area contributed by atoms with Gasteiger partial charge >= 0.3 is 6.09 Å². The van der Waals surface area contributed by atoms with Crippen molar-refractivity contribution in [2.45, 2.75) is 79.2 Å². The molecule has 0 aromatic rings. The second-order valence-corrected chi connectivity index (χ2v) is 7.34. The van der Waals surface area contributed by atoms with E-state index in [1.807, 2.05) is 20.8 Å². The smallest absolute Gasteiger partial charge is 0.407 e. The molecule has 21 heavy (non-hydrogen) atoms. The third-order valence-corrected chi connectivity index (χ3v) is 4.05. The zero-order valence-corrected chi connectivity index (χ0v) is 14.8. The van der Waals surface area contributed by atoms with Crippen molar-refractivity contribution in [3.8, 4) is 0 Å². The largest absolute Gasteiger partial charge is 0.444 e. The van der Waals surface area contributed by atoms with Crippen molar-refractivity contribution in [2.24, 2.45) is 11.3 Å². The van der Waals surface area contributed by atoms with Gasteiger partial charge in [0.05, 0.1) is 6.61 Å². The van der Waals surface area contributed by atoms with Crippen molar-refractivity contribution in [2.75, 3.05) is 13.2 Å². The number of nitrogens with one attached hydrogen (secondary N) is 1. The fourth-order valence-electron chi connectivity index (χ4n) is 2.36. The van der Waals surface area contributed by atoms with Gasteiger partial charge in [0.25, 0.3) is 0 Å². The molecule has 0 aromatic heterocycles. The van der Waals surface area contributed by atoms with E-state index in [0.717, 1.165) is 12.8 Å². The van der Waals surface area contributed by atoms with E-state index in [1.165, 1.54) is 19.3 Å². The number of hydrogen-bond acceptors (Lipinski definition) is 3. The van der Waals surface area contributed by atoms with Crippen LogP contribution in [-0.2, 0) is 4.74 Å². The summed E-state index contributed by atoms with van der Waals surface area (Å²) in [5.41, 5.74) is -0.754. The molecule has 1 unspecified atom stereocenters. The Kier molecular flexibility index (Phi) is 8.95. The molecule has 4 heteroatoms. The molecule has 0 aliphatic rings. The van der Waals surface area contributed by atoms with E-state index >= 15 is 0 Å². The van der Waals surface area contributed by atoms with Crippen LogP contribution in [0.5, 0.6) is 0 Å². The van der Waals surface area contributed by atoms with Gasteiger partial charge in [0, 0.05) is 12.0 Å². The van der Waals surface area contributed by atoms with Gasteiger partial charge in [-0.05, 0) is 33.1 Å². The maximum Gasteiger partial charge on any atom is 0.407 e. The first kappa shape index (κ1) is 20.2. The Labute approximate surface area is 130 Å². The number of amides is 1. The zero-order valence-electron chi connectivity index (χ0n) is 14.8. The zero-order chi connectivity index (χ0) is 16.5. The van der Waals surface area contributed by atoms with Gasteiger partial charge in [-0.2, -0.15) is 0 Å². The molecule has 0 radical (unpaired) electrons. The minimum Gasteiger partial charge on any atom is -0.444 e. The van der Waals surface area contributed by atoms with Crippen LogP contribution < -0.4 is 5.32 Å². The third kappa shape index (κ3) is 8.30. The fraction of sp³-hybridized carbons (Fsp3) is 0.941. The first-order chi connectivity index (χ1) is 9.67. The number of carbonyl (C=O) groups excluding carboxylic acids is 1. The van der Waals surface area contributed by atoms with Gasteiger partial charge < -0.3 is 15.2 Å². The number of ether oxygens (including phenoxy) is 1. The van der Waals surface area contributed by atoms with Crippen LogP contribution in [0.4, 0.5) is 4.79 Å². The van der Waals surface area contributed by atoms with Crippen LogP contribution in [0, 0.1) is 11.3 Å². The average molecular weight is 301 g/mol. The summed E-state index contributed by atoms with van der Waals surface area (Å²) in [6.07, 6.45) is 5.20. The second-order valence-electron chi connectivity index (χ2n) is 7.34. The highest BCUT2D eigenvalue weighted by Crippen LogP contribution is 2.33. The Morgan fingerprint density at radius 3 is 2.24 bits per heavy atom. The normalized spacial score (nSPS) is 14.9. The van der Waals surface area contributed by atoms with E-state index in [4.69, 9.17) is 4.74 Å². The van der Waals surface area contributed by atoms with Gasteiger partial charge in [-0.3, -0.25) is 0 Å². The van der Waals surface area contributed by atoms with Gasteiger partial charge in [-0.25, -0.2) is 4.79 Å². The van der Waals surface area contributed by atoms with Crippen LogP contribution >= 0.6 is 0 Å². The minimum absolute atomic E-state index is 0.0899. The van der Waals surface area contributed by atoms with E-state index in [1.54, 1.807) is 0 Å². The predicted molar refractivity (Wildman–Crippen MR) is 87.4 cm³/mol. The fourth-order valence-corrected chi connectivity index (χ4v) is 2.36. The SMILES string of the molecule is CCCCCCC(CO)(CNC(=O)OC(C)(C)C)C(C)C. The lowest BCUT2D eigenvalue weighted by Gasteiger charge is -2.36. The lowest BCUT2D eigenvalue weighted by Crippen LogP contribution is -2.45. The van der Waals surface area contributed by atoms with Crippen molar-refractivity contribution < 1.29 is 14.6 Å². The van der Waals surface area contributed by atoms with Crippen molar-refractivity contribution in [3.63, 3.8) is 0 Å². The Morgan fingerprint density at radius 2 is 1.81 bits per heavy atom. The molecule has 0 bridgehead atoms. The quantitative estimate of drug-likeness (QED) is 0.630. The maximum absolute atomic E-state index is 11.8. The molecule has 0 heterocycles. The van der Waals surface area contributed by atoms with Gasteiger partial charge in [0.2, 0.25) is 0 Å². The Morgan fingerprint density at radius 1 is 1.19 bits per heavy atom. The topological polar surface area (TPSA) is 58.6 Å². The maximum atomic E-state index is 11.8. The Hall–Kier alpha value is -0.770. The van der Waals surface area contributed by atoms with Crippen molar-refractivity contribution in [1.29, 1.82) is 0 Å². The van der Waals surface area contributed by atoms with E-state index < -0.39 is 11.7 Å². The van der Waals surface area contributed by atoms with E-state index in [-0.39, 0.29) is 12.0 Å². The Bertz CT molecular complexity index is 297. The highest BCUT2D eigenvalue weighted by molar-refractivity contribution is 5.67. The van der Waals surface area contributed by atoms with Gasteiger partial charge in [-0.1, -0.05) is 46.5 Å². The van der Waals surface area contributed by atoms with Gasteiger partial charge in [0.15, 0.2) is 0 Å². The van der Waals surface area contributed by atoms with E-state index in [2.05, 4.69) is 26.1 Å². The van der Waals surface area contributed by atoms with Gasteiger partial charge in [0.1, 0.15) is 5.60 Å². The molecular weight excluding hydrogens is 266 g/mol. The monoisotopic (exact) mass is 301 g/mol. The number of carbonyl (C=O) groups is 1. The Balaban J connectivity index is 4.51. The van der Waals surface area contributed by atoms with E-state index in [9.17, 15) is 9.90 Å². The number of hydrogen-bond donors (Lipinski definition) is 2. The standard InChI is InChI=1S/C17H35NO3/c1-7-8-9-10-11-17(13-19,14(2)3)12-18-15(20)21-16(4,5)6/h14,19H,7-13H2,1-6H3,(H,18,20). The van der Waals surface area contributed by atoms with Crippen LogP contribution in [0.3, 0.4) is 0 Å². The first-order valence-corrected chi connectivity index (χ1v) is 8.24. The molecule has 2 N–H and O–H groups in total. The number of aliphatic hydroxyl groups excluding tert-OH is 1. The number of alkyl carbamates (subject to hydrolysis) is 1. The van der Waals surface area contributed by atoms with Crippen LogP contribution in [0.1, 0.15) is 73.6 Å². The molecule has 0 saturated carbocycles. The summed E-state index contributed by atoms with van der Waals surface area (Å²) in [7, 11) is 0. The molecule has 1 amide bonds. The highest BCUT2D eigenvalue weighted by atomic mass is 16.6. The van der Waals surface area contributed by atoms with Crippen molar-refractivity contribution in [3.05, 3.63) is 0 Å².